The minimum absolute atomic E-state index is 0.00561. The third kappa shape index (κ3) is 21.6. The molecule has 0 spiro atoms. The van der Waals surface area contributed by atoms with Gasteiger partial charge in [0.05, 0.1) is 66.7 Å². The lowest BCUT2D eigenvalue weighted by molar-refractivity contribution is -0.171. The predicted octanol–water partition coefficient (Wildman–Crippen LogP) is 12.1. The van der Waals surface area contributed by atoms with Gasteiger partial charge in [0.15, 0.2) is 13.2 Å². The molecule has 0 saturated heterocycles. The van der Waals surface area contributed by atoms with Crippen LogP contribution < -0.4 is 20.1 Å². The number of nitrogens with one attached hydrogen (secondary N) is 2. The van der Waals surface area contributed by atoms with E-state index in [0.717, 1.165) is 24.3 Å². The van der Waals surface area contributed by atoms with Crippen LogP contribution in [0.4, 0.5) is 37.7 Å². The molecule has 29 heteroatoms. The van der Waals surface area contributed by atoms with Gasteiger partial charge < -0.3 is 63.8 Å². The first-order valence-corrected chi connectivity index (χ1v) is 32.7. The quantitative estimate of drug-likeness (QED) is 0.0161. The van der Waals surface area contributed by atoms with Crippen LogP contribution in [0.2, 0.25) is 0 Å². The molecule has 0 heterocycles. The normalized spacial score (nSPS) is 11.1. The highest BCUT2D eigenvalue weighted by Gasteiger charge is 2.53. The SMILES string of the molecule is CCOC(=O)C(CO)(C(=O)OCC)c1ccccc1.CCOC(=O)C(COC(=O)COc1ccc(NC(=O)c2ccccc2-c2ccc(C(F)(F)F)cc2)c(C(=O)N(C)C)c1)(C(=O)OCC)c1ccccc1.CN(C)C(=O)c1cc(OCC(=O)O)ccc1NC(=O)c1ccccc1-c1ccc(C(F)(F)F)cc1. The van der Waals surface area contributed by atoms with Crippen LogP contribution in [0.1, 0.15) is 91.4 Å². The van der Waals surface area contributed by atoms with Gasteiger partial charge in [-0.15, -0.1) is 0 Å². The fourth-order valence-electron chi connectivity index (χ4n) is 10.2. The van der Waals surface area contributed by atoms with Crippen molar-refractivity contribution in [2.75, 3.05) is 91.7 Å². The number of carboxylic acid groups (broad SMARTS) is 1. The van der Waals surface area contributed by atoms with Crippen molar-refractivity contribution in [3.05, 3.63) is 239 Å². The van der Waals surface area contributed by atoms with E-state index >= 15 is 0 Å². The molecule has 4 N–H and O–H groups in total. The Morgan fingerprint density at radius 2 is 0.729 bits per heavy atom. The highest BCUT2D eigenvalue weighted by atomic mass is 19.4. The maximum atomic E-state index is 13.5. The zero-order chi connectivity index (χ0) is 78.8. The van der Waals surface area contributed by atoms with E-state index in [0.29, 0.717) is 27.8 Å². The summed E-state index contributed by atoms with van der Waals surface area (Å²) in [5.74, 6) is -7.75. The number of rotatable bonds is 27. The van der Waals surface area contributed by atoms with Gasteiger partial charge in [0, 0.05) is 39.3 Å². The monoisotopic (exact) mass is 1490 g/mol. The minimum atomic E-state index is -4.52. The second kappa shape index (κ2) is 38.4. The number of ether oxygens (including phenoxy) is 7. The smallest absolute Gasteiger partial charge is 0.416 e. The summed E-state index contributed by atoms with van der Waals surface area (Å²) < 4.78 is 114. The molecule has 8 rings (SSSR count). The predicted molar refractivity (Wildman–Crippen MR) is 378 cm³/mol. The number of nitrogens with zero attached hydrogens (tertiary/aromatic N) is 2. The van der Waals surface area contributed by atoms with Gasteiger partial charge in [0.25, 0.3) is 23.6 Å². The molecule has 0 unspecified atom stereocenters. The van der Waals surface area contributed by atoms with E-state index in [1.807, 2.05) is 0 Å². The summed E-state index contributed by atoms with van der Waals surface area (Å²) in [6.07, 6.45) is -9.01. The van der Waals surface area contributed by atoms with E-state index in [2.05, 4.69) is 10.6 Å². The first-order chi connectivity index (χ1) is 50.8. The number of hydrogen-bond acceptors (Lipinski definition) is 18. The number of anilines is 2. The van der Waals surface area contributed by atoms with Gasteiger partial charge in [0.1, 0.15) is 18.1 Å². The Hall–Kier alpha value is -12.4. The summed E-state index contributed by atoms with van der Waals surface area (Å²) in [7, 11) is 6.01. The summed E-state index contributed by atoms with van der Waals surface area (Å²) in [5, 5.41) is 23.8. The molecule has 564 valence electrons. The molecule has 23 nitrogen and oxygen atoms in total. The number of hydrogen-bond donors (Lipinski definition) is 4. The Balaban J connectivity index is 0.000000283. The van der Waals surface area contributed by atoms with Crippen LogP contribution in [0.25, 0.3) is 22.3 Å². The lowest BCUT2D eigenvalue weighted by Gasteiger charge is -2.29. The van der Waals surface area contributed by atoms with Crippen LogP contribution in [0.5, 0.6) is 11.5 Å². The molecule has 0 aromatic heterocycles. The van der Waals surface area contributed by atoms with Gasteiger partial charge >= 0.3 is 48.2 Å². The van der Waals surface area contributed by atoms with Gasteiger partial charge in [-0.3, -0.25) is 38.4 Å². The minimum Gasteiger partial charge on any atom is -0.482 e. The average molecular weight is 1490 g/mol. The number of esters is 5. The molecular weight excluding hydrogens is 1410 g/mol. The van der Waals surface area contributed by atoms with E-state index < -0.39 is 120 Å². The largest absolute Gasteiger partial charge is 0.482 e. The Morgan fingerprint density at radius 1 is 0.393 bits per heavy atom. The van der Waals surface area contributed by atoms with Crippen molar-refractivity contribution in [2.45, 2.75) is 50.9 Å². The standard InChI is InChI=1S/C39H37F3N2O9.C25H21F3N2O5.C14H18O5/c1-5-50-36(48)38(37(49)51-6-2,26-12-8-7-9-13-26)24-53-33(45)23-52-28-20-21-32(31(22-28)35(47)44(3)4)43-34(46)30-15-11-10-14-29(30)25-16-18-27(19-17-25)39(40,41)42;1-30(2)24(34)20-13-17(35-14-22(31)32)11-12-21(20)29-23(33)19-6-4-3-5-18(19)15-7-9-16(10-8-15)25(26,27)28;1-3-18-12(16)14(10-15,13(17)19-4-2)11-8-6-5-7-9-11/h7-22H,5-6,23-24H2,1-4H3,(H,43,46);3-13H,14H2,1-2H3,(H,29,33)(H,31,32);5-9,15H,3-4,10H2,1-2H3. The number of benzene rings is 8. The number of aliphatic hydroxyl groups is 1. The third-order valence-electron chi connectivity index (χ3n) is 15.6. The van der Waals surface area contributed by atoms with Gasteiger partial charge in [-0.05, 0) is 134 Å². The number of carbonyl (C=O) groups is 10. The molecule has 8 aromatic rings. The second-order valence-electron chi connectivity index (χ2n) is 23.2. The van der Waals surface area contributed by atoms with Gasteiger partial charge in [-0.2, -0.15) is 26.3 Å². The van der Waals surface area contributed by atoms with E-state index in [9.17, 15) is 79.4 Å². The molecule has 0 bridgehead atoms. The molecule has 0 aliphatic carbocycles. The maximum Gasteiger partial charge on any atom is 0.416 e. The first kappa shape index (κ1) is 83.5. The van der Waals surface area contributed by atoms with E-state index in [-0.39, 0.29) is 77.1 Å². The van der Waals surface area contributed by atoms with Crippen LogP contribution in [-0.4, -0.2) is 161 Å². The van der Waals surface area contributed by atoms with Crippen LogP contribution in [0.3, 0.4) is 0 Å². The van der Waals surface area contributed by atoms with Gasteiger partial charge in [-0.1, -0.05) is 121 Å². The first-order valence-electron chi connectivity index (χ1n) is 32.7. The molecule has 4 amide bonds. The van der Waals surface area contributed by atoms with E-state index in [1.165, 1.54) is 123 Å². The van der Waals surface area contributed by atoms with Crippen molar-refractivity contribution < 1.29 is 118 Å². The van der Waals surface area contributed by atoms with E-state index in [4.69, 9.17) is 38.3 Å². The Bertz CT molecular complexity index is 4400. The molecule has 0 saturated carbocycles. The summed E-state index contributed by atoms with van der Waals surface area (Å²) >= 11 is 0. The lowest BCUT2D eigenvalue weighted by atomic mass is 9.81. The molecule has 8 aromatic carbocycles. The number of alkyl halides is 6. The molecule has 107 heavy (non-hydrogen) atoms. The van der Waals surface area contributed by atoms with Crippen molar-refractivity contribution >= 4 is 70.8 Å². The number of carboxylic acids is 1. The average Bonchev–Trinajstić information content (AvgIpc) is 0.806. The summed E-state index contributed by atoms with van der Waals surface area (Å²) in [6, 6.07) is 45.9. The summed E-state index contributed by atoms with van der Waals surface area (Å²) in [5.41, 5.74) is -2.86. The van der Waals surface area contributed by atoms with Crippen molar-refractivity contribution in [2.24, 2.45) is 0 Å². The topological polar surface area (TPSA) is 306 Å². The number of halogens is 6. The Labute approximate surface area is 610 Å². The van der Waals surface area contributed by atoms with E-state index in [1.54, 1.807) is 113 Å². The van der Waals surface area contributed by atoms with Crippen molar-refractivity contribution in [3.63, 3.8) is 0 Å². The summed E-state index contributed by atoms with van der Waals surface area (Å²) in [4.78, 5) is 130. The molecule has 0 aliphatic heterocycles. The fraction of sp³-hybridized carbons (Fsp3) is 0.256. The lowest BCUT2D eigenvalue weighted by Crippen LogP contribution is -2.50. The second-order valence-corrected chi connectivity index (χ2v) is 23.2. The fourth-order valence-corrected chi connectivity index (χ4v) is 10.2. The molecule has 0 fully saturated rings. The molecule has 0 radical (unpaired) electrons. The van der Waals surface area contributed by atoms with Gasteiger partial charge in [-0.25, -0.2) is 9.59 Å². The number of aliphatic carboxylic acids is 1. The Morgan fingerprint density at radius 3 is 1.07 bits per heavy atom. The van der Waals surface area contributed by atoms with Crippen LogP contribution in [-0.2, 0) is 75.6 Å². The molecule has 0 atom stereocenters. The van der Waals surface area contributed by atoms with Crippen molar-refractivity contribution in [1.29, 1.82) is 0 Å². The zero-order valence-electron chi connectivity index (χ0n) is 59.1. The van der Waals surface area contributed by atoms with Crippen LogP contribution in [0, 0.1) is 0 Å². The highest BCUT2D eigenvalue weighted by molar-refractivity contribution is 6.13. The zero-order valence-corrected chi connectivity index (χ0v) is 59.1. The van der Waals surface area contributed by atoms with Crippen molar-refractivity contribution in [3.8, 4) is 33.8 Å². The molecular formula is C78H76F6N4O19. The third-order valence-corrected chi connectivity index (χ3v) is 15.6. The van der Waals surface area contributed by atoms with Gasteiger partial charge in [0.2, 0.25) is 10.8 Å². The van der Waals surface area contributed by atoms with Crippen LogP contribution >= 0.6 is 0 Å². The highest BCUT2D eigenvalue weighted by Crippen LogP contribution is 2.36. The molecule has 0 aliphatic rings. The summed E-state index contributed by atoms with van der Waals surface area (Å²) in [6.45, 7) is 3.76. The maximum absolute atomic E-state index is 13.5. The van der Waals surface area contributed by atoms with Crippen LogP contribution in [0.15, 0.2) is 194 Å². The number of carbonyl (C=O) groups excluding carboxylic acids is 9. The van der Waals surface area contributed by atoms with Crippen molar-refractivity contribution in [1.82, 2.24) is 9.80 Å². The number of aliphatic hydroxyl groups excluding tert-OH is 1. The number of amides is 4. The Kier molecular flexibility index (Phi) is 30.0.